The van der Waals surface area contributed by atoms with Gasteiger partial charge in [0.05, 0.1) is 12.7 Å². The lowest BCUT2D eigenvalue weighted by Crippen LogP contribution is -2.58. The van der Waals surface area contributed by atoms with E-state index in [0.29, 0.717) is 37.3 Å². The number of hydrogen-bond donors (Lipinski definition) is 3. The monoisotopic (exact) mass is 571 g/mol. The van der Waals surface area contributed by atoms with Gasteiger partial charge in [0.15, 0.2) is 5.82 Å². The minimum Gasteiger partial charge on any atom is -0.453 e. The van der Waals surface area contributed by atoms with Gasteiger partial charge in [0.25, 0.3) is 0 Å². The Morgan fingerprint density at radius 3 is 2.29 bits per heavy atom. The Balaban J connectivity index is 1.28. The molecule has 1 heterocycles. The van der Waals surface area contributed by atoms with E-state index in [0.717, 1.165) is 47.9 Å². The second-order valence-corrected chi connectivity index (χ2v) is 12.1. The molecule has 2 aliphatic rings. The predicted octanol–water partition coefficient (Wildman–Crippen LogP) is 5.49. The van der Waals surface area contributed by atoms with E-state index in [4.69, 9.17) is 10.5 Å². The molecule has 9 heteroatoms. The van der Waals surface area contributed by atoms with Crippen molar-refractivity contribution < 1.29 is 19.4 Å². The molecule has 0 spiro atoms. The van der Waals surface area contributed by atoms with Gasteiger partial charge in [-0.2, -0.15) is 0 Å². The fraction of sp³-hybridized carbons (Fsp3) is 0.455. The third-order valence-corrected chi connectivity index (χ3v) is 8.75. The Kier molecular flexibility index (Phi) is 8.61. The summed E-state index contributed by atoms with van der Waals surface area (Å²) >= 11 is 0. The standard InChI is InChI=1S/C33H41N5O4/c1-4-38(31(40)42-3)26-16-10-22(11-17-26)18-29(39)35-28-19-27(23-8-6-5-7-9-23)30(37-36-28)24-12-14-25(15-13-24)33(34)20-32(2,41)21-33/h5-9,12-15,19,22,26,41H,4,10-11,16-18,20-21,34H2,1-3H3,(H,35,36,39)/t22-,26-,32-,33-. The molecule has 2 amide bonds. The van der Waals surface area contributed by atoms with Gasteiger partial charge in [-0.15, -0.1) is 10.2 Å². The van der Waals surface area contributed by atoms with E-state index in [1.807, 2.05) is 74.5 Å². The summed E-state index contributed by atoms with van der Waals surface area (Å²) in [5, 5.41) is 22.1. The Morgan fingerprint density at radius 2 is 1.69 bits per heavy atom. The van der Waals surface area contributed by atoms with Crippen LogP contribution in [0.5, 0.6) is 0 Å². The number of nitrogens with two attached hydrogens (primary N) is 1. The summed E-state index contributed by atoms with van der Waals surface area (Å²) in [7, 11) is 1.41. The van der Waals surface area contributed by atoms with Gasteiger partial charge in [-0.25, -0.2) is 4.79 Å². The smallest absolute Gasteiger partial charge is 0.409 e. The molecule has 0 atom stereocenters. The topological polar surface area (TPSA) is 131 Å². The third-order valence-electron chi connectivity index (χ3n) is 8.75. The molecule has 1 aromatic heterocycles. The van der Waals surface area contributed by atoms with Gasteiger partial charge in [0.2, 0.25) is 5.91 Å². The maximum atomic E-state index is 13.0. The maximum Gasteiger partial charge on any atom is 0.409 e. The first-order valence-corrected chi connectivity index (χ1v) is 14.8. The number of ether oxygens (including phenoxy) is 1. The molecular weight excluding hydrogens is 530 g/mol. The second-order valence-electron chi connectivity index (χ2n) is 12.1. The van der Waals surface area contributed by atoms with Crippen LogP contribution in [0.1, 0.15) is 64.4 Å². The number of aromatic nitrogens is 2. The zero-order valence-corrected chi connectivity index (χ0v) is 24.7. The van der Waals surface area contributed by atoms with E-state index < -0.39 is 11.1 Å². The highest BCUT2D eigenvalue weighted by Crippen LogP contribution is 2.46. The molecule has 4 N–H and O–H groups in total. The number of nitrogens with zero attached hydrogens (tertiary/aromatic N) is 3. The summed E-state index contributed by atoms with van der Waals surface area (Å²) in [6, 6.07) is 19.9. The van der Waals surface area contributed by atoms with Crippen molar-refractivity contribution in [3.63, 3.8) is 0 Å². The van der Waals surface area contributed by atoms with Crippen molar-refractivity contribution in [1.82, 2.24) is 15.1 Å². The number of carbonyl (C=O) groups is 2. The van der Waals surface area contributed by atoms with Crippen molar-refractivity contribution in [2.24, 2.45) is 11.7 Å². The molecule has 0 bridgehead atoms. The molecule has 2 aromatic carbocycles. The summed E-state index contributed by atoms with van der Waals surface area (Å²) in [6.07, 6.45) is 4.63. The van der Waals surface area contributed by atoms with Crippen LogP contribution in [0.3, 0.4) is 0 Å². The Bertz CT molecular complexity index is 1390. The zero-order chi connectivity index (χ0) is 29.9. The highest BCUT2D eigenvalue weighted by atomic mass is 16.5. The lowest BCUT2D eigenvalue weighted by molar-refractivity contribution is -0.117. The molecule has 0 radical (unpaired) electrons. The molecule has 3 aromatic rings. The van der Waals surface area contributed by atoms with Crippen molar-refractivity contribution in [2.45, 2.75) is 76.0 Å². The van der Waals surface area contributed by atoms with E-state index in [-0.39, 0.29) is 24.0 Å². The summed E-state index contributed by atoms with van der Waals surface area (Å²) in [4.78, 5) is 26.9. The van der Waals surface area contributed by atoms with E-state index in [1.54, 1.807) is 4.90 Å². The third kappa shape index (κ3) is 6.47. The van der Waals surface area contributed by atoms with Crippen molar-refractivity contribution in [1.29, 1.82) is 0 Å². The fourth-order valence-corrected chi connectivity index (χ4v) is 6.75. The van der Waals surface area contributed by atoms with Gasteiger partial charge >= 0.3 is 6.09 Å². The number of hydrogen-bond acceptors (Lipinski definition) is 7. The Hall–Kier alpha value is -3.82. The summed E-state index contributed by atoms with van der Waals surface area (Å²) < 4.78 is 4.92. The molecule has 9 nitrogen and oxygen atoms in total. The maximum absolute atomic E-state index is 13.0. The van der Waals surface area contributed by atoms with Crippen LogP contribution in [0.4, 0.5) is 10.6 Å². The second kappa shape index (κ2) is 12.2. The molecule has 2 aliphatic carbocycles. The van der Waals surface area contributed by atoms with Crippen LogP contribution in [0.25, 0.3) is 22.4 Å². The number of nitrogens with one attached hydrogen (secondary N) is 1. The minimum atomic E-state index is -0.722. The first-order valence-electron chi connectivity index (χ1n) is 14.8. The van der Waals surface area contributed by atoms with Gasteiger partial charge in [-0.05, 0) is 75.5 Å². The average Bonchev–Trinajstić information content (AvgIpc) is 2.97. The molecule has 222 valence electrons. The van der Waals surface area contributed by atoms with E-state index in [9.17, 15) is 14.7 Å². The van der Waals surface area contributed by atoms with Gasteiger partial charge in [0.1, 0.15) is 5.69 Å². The first-order chi connectivity index (χ1) is 20.1. The zero-order valence-electron chi connectivity index (χ0n) is 24.7. The van der Waals surface area contributed by atoms with Crippen LogP contribution in [-0.2, 0) is 15.1 Å². The SMILES string of the molecule is CCN(C(=O)OC)[C@H]1CC[C@H](CC(=O)Nc2cc(-c3ccccc3)c(-c3ccc([C@]4(N)C[C@](C)(O)C4)cc3)nn2)CC1. The van der Waals surface area contributed by atoms with Crippen LogP contribution >= 0.6 is 0 Å². The van der Waals surface area contributed by atoms with Gasteiger partial charge < -0.3 is 25.8 Å². The largest absolute Gasteiger partial charge is 0.453 e. The Morgan fingerprint density at radius 1 is 1.02 bits per heavy atom. The van der Waals surface area contributed by atoms with E-state index in [1.165, 1.54) is 7.11 Å². The van der Waals surface area contributed by atoms with Crippen LogP contribution in [0, 0.1) is 5.92 Å². The summed E-state index contributed by atoms with van der Waals surface area (Å²) in [6.45, 7) is 4.38. The summed E-state index contributed by atoms with van der Waals surface area (Å²) in [5.74, 6) is 0.573. The van der Waals surface area contributed by atoms with Crippen LogP contribution in [-0.4, -0.2) is 57.5 Å². The molecule has 5 rings (SSSR count). The molecular formula is C33H41N5O4. The minimum absolute atomic E-state index is 0.0891. The van der Waals surface area contributed by atoms with Gasteiger partial charge in [0, 0.05) is 35.7 Å². The van der Waals surface area contributed by atoms with Gasteiger partial charge in [-0.1, -0.05) is 54.6 Å². The highest BCUT2D eigenvalue weighted by molar-refractivity contribution is 5.91. The summed E-state index contributed by atoms with van der Waals surface area (Å²) in [5.41, 5.74) is 9.71. The van der Waals surface area contributed by atoms with Crippen molar-refractivity contribution in [3.05, 3.63) is 66.2 Å². The Labute approximate surface area is 247 Å². The molecule has 42 heavy (non-hydrogen) atoms. The lowest BCUT2D eigenvalue weighted by atomic mass is 9.63. The van der Waals surface area contributed by atoms with Gasteiger partial charge in [-0.3, -0.25) is 4.79 Å². The number of amides is 2. The van der Waals surface area contributed by atoms with Crippen LogP contribution in [0.15, 0.2) is 60.7 Å². The number of carbonyl (C=O) groups excluding carboxylic acids is 2. The van der Waals surface area contributed by atoms with E-state index in [2.05, 4.69) is 15.5 Å². The van der Waals surface area contributed by atoms with Crippen LogP contribution in [0.2, 0.25) is 0 Å². The molecule has 2 saturated carbocycles. The average molecular weight is 572 g/mol. The molecule has 2 fully saturated rings. The molecule has 0 aliphatic heterocycles. The van der Waals surface area contributed by atoms with Crippen LogP contribution < -0.4 is 11.1 Å². The fourth-order valence-electron chi connectivity index (χ4n) is 6.75. The van der Waals surface area contributed by atoms with E-state index >= 15 is 0 Å². The molecule has 0 unspecified atom stereocenters. The number of benzene rings is 2. The predicted molar refractivity (Wildman–Crippen MR) is 162 cm³/mol. The normalized spacial score (nSPS) is 25.3. The first kappa shape index (κ1) is 29.7. The quantitative estimate of drug-likeness (QED) is 0.326. The highest BCUT2D eigenvalue weighted by Gasteiger charge is 2.49. The van der Waals surface area contributed by atoms with Crippen molar-refractivity contribution >= 4 is 17.8 Å². The number of rotatable bonds is 8. The molecule has 0 saturated heterocycles. The number of aliphatic hydroxyl groups is 1. The van der Waals surface area contributed by atoms with Crippen molar-refractivity contribution in [2.75, 3.05) is 19.0 Å². The van der Waals surface area contributed by atoms with Crippen molar-refractivity contribution in [3.8, 4) is 22.4 Å². The lowest BCUT2D eigenvalue weighted by Gasteiger charge is -2.49. The number of methoxy groups -OCH3 is 1. The number of anilines is 1.